The molecule has 0 bridgehead atoms. The van der Waals surface area contributed by atoms with E-state index in [9.17, 15) is 19.2 Å². The van der Waals surface area contributed by atoms with Crippen molar-refractivity contribution in [3.05, 3.63) is 259 Å². The maximum absolute atomic E-state index is 12.9. The highest BCUT2D eigenvalue weighted by Crippen LogP contribution is 2.31. The maximum Gasteiger partial charge on any atom is 0.258 e. The van der Waals surface area contributed by atoms with Gasteiger partial charge in [0.1, 0.15) is 39.6 Å². The smallest absolute Gasteiger partial charge is 0.258 e. The highest BCUT2D eigenvalue weighted by Gasteiger charge is 2.24. The van der Waals surface area contributed by atoms with E-state index in [-0.39, 0.29) is 35.5 Å². The van der Waals surface area contributed by atoms with Crippen LogP contribution in [0.3, 0.4) is 0 Å². The standard InChI is InChI=1S/C24H27N5O.C23H23N5O2.C21H23N7O2.C20H21N7O/c1-3-10-27-11-8-18(9-12-27)19-4-7-23-26-21(13-24(30)29(23)16-19)20-5-6-22-25-17(2)14-28(22)15-20;1-26-21-4-2-17(12-19(21)14-24-26)20-13-23(30)28-15-18(3-5-22(28)25-20)16-6-8-27(9-7-16)10-11-29;1-15-13-28-17(12-22-15)10-19(24-28)18-11-21(30)27-14-16(2-3-20(27)23-18)26-6-4-25(5-7-26)8-9-29;1-13-10-25(6-5-21-13)15-3-4-19-23-17(8-20(28)26(19)12-15)18-7-16-9-22-14(2)11-27(16)24-18/h4-7,13-16,18H,3,8-12H2,1-2H3;2-6,12-15,29H,7-11H2,1H3;2-3,10-14,29H,4-9H2,1H3;3-4,7-9,11-13,21H,5-6,10H2,1-2H3/t;;;13-/m...1/s1. The minimum absolute atomic E-state index is 0.0397. The molecule has 118 heavy (non-hydrogen) atoms. The summed E-state index contributed by atoms with van der Waals surface area (Å²) in [5, 5.41) is 36.0. The number of hydrogen-bond donors (Lipinski definition) is 3. The van der Waals surface area contributed by atoms with Crippen molar-refractivity contribution >= 4 is 67.1 Å². The van der Waals surface area contributed by atoms with Gasteiger partial charge in [-0.2, -0.15) is 15.3 Å². The van der Waals surface area contributed by atoms with Gasteiger partial charge in [-0.3, -0.25) is 61.2 Å². The Morgan fingerprint density at radius 1 is 0.466 bits per heavy atom. The Hall–Kier alpha value is -12.8. The molecule has 19 heterocycles. The van der Waals surface area contributed by atoms with Crippen LogP contribution >= 0.6 is 0 Å². The largest absolute Gasteiger partial charge is 0.395 e. The monoisotopic (exact) mass is 1580 g/mol. The highest BCUT2D eigenvalue weighted by atomic mass is 16.3. The van der Waals surface area contributed by atoms with E-state index < -0.39 is 0 Å². The molecule has 16 aromatic rings. The number of likely N-dealkylation sites (tertiary alicyclic amines) is 1. The normalized spacial score (nSPS) is 15.9. The summed E-state index contributed by atoms with van der Waals surface area (Å²) in [7, 11) is 1.91. The number of benzene rings is 1. The van der Waals surface area contributed by atoms with Gasteiger partial charge in [-0.1, -0.05) is 25.1 Å². The first-order chi connectivity index (χ1) is 57.4. The number of imidazole rings is 1. The minimum Gasteiger partial charge on any atom is -0.395 e. The fourth-order valence-electron chi connectivity index (χ4n) is 16.2. The number of fused-ring (bicyclic) bond motifs is 8. The number of aliphatic hydroxyl groups excluding tert-OH is 2. The molecule has 0 unspecified atom stereocenters. The van der Waals surface area contributed by atoms with Gasteiger partial charge >= 0.3 is 0 Å². The van der Waals surface area contributed by atoms with Crippen LogP contribution in [0.2, 0.25) is 0 Å². The topological polar surface area (TPSA) is 302 Å². The number of hydrogen-bond acceptors (Lipinski definition) is 22. The Morgan fingerprint density at radius 2 is 1.01 bits per heavy atom. The molecule has 1 atom stereocenters. The molecule has 30 nitrogen and oxygen atoms in total. The number of aliphatic hydroxyl groups is 2. The van der Waals surface area contributed by atoms with E-state index in [1.54, 1.807) is 57.2 Å². The Labute approximate surface area is 678 Å². The Bertz CT molecular complexity index is 6590. The molecule has 0 aliphatic carbocycles. The lowest BCUT2D eigenvalue weighted by molar-refractivity contribution is 0.189. The second-order valence-corrected chi connectivity index (χ2v) is 30.9. The van der Waals surface area contributed by atoms with Crippen molar-refractivity contribution in [2.75, 3.05) is 115 Å². The van der Waals surface area contributed by atoms with Gasteiger partial charge in [0.05, 0.1) is 112 Å². The van der Waals surface area contributed by atoms with Gasteiger partial charge < -0.3 is 34.6 Å². The van der Waals surface area contributed by atoms with Crippen LogP contribution in [-0.4, -0.2) is 222 Å². The number of anilines is 2. The maximum atomic E-state index is 12.9. The third kappa shape index (κ3) is 16.8. The zero-order valence-electron chi connectivity index (χ0n) is 67.0. The molecule has 30 heteroatoms. The summed E-state index contributed by atoms with van der Waals surface area (Å²) in [4.78, 5) is 94.8. The molecular formula is C88H94N24O6. The molecule has 3 N–H and O–H groups in total. The predicted octanol–water partition coefficient (Wildman–Crippen LogP) is 8.57. The SMILES string of the molecule is CCCN1CCC(c2ccc3nc(-c4ccc5nc(C)cn5c4)cc(=O)n3c2)CC1.Cc1cn2nc(-c3cc(=O)n4cc(N5CCN(CCO)CC5)ccc4n3)cc2cn1.Cc1cn2nc(-c3cc(=O)n4cc(N5CCN[C@H](C)C5)ccc4n3)cc2cn1.Cn1ncc2cc(-c3cc(=O)n4cc(C5=CCN(CCO)CC5)ccc4n3)ccc21. The van der Waals surface area contributed by atoms with Gasteiger partial charge in [-0.15, -0.1) is 0 Å². The lowest BCUT2D eigenvalue weighted by Crippen LogP contribution is -2.49. The van der Waals surface area contributed by atoms with Crippen molar-refractivity contribution in [2.45, 2.75) is 72.3 Å². The van der Waals surface area contributed by atoms with Crippen LogP contribution in [0.15, 0.2) is 209 Å². The van der Waals surface area contributed by atoms with E-state index in [2.05, 4.69) is 96.0 Å². The number of rotatable bonds is 14. The quantitative estimate of drug-likeness (QED) is 0.0918. The van der Waals surface area contributed by atoms with E-state index in [4.69, 9.17) is 20.2 Å². The Morgan fingerprint density at radius 3 is 1.62 bits per heavy atom. The van der Waals surface area contributed by atoms with Gasteiger partial charge in [0.2, 0.25) is 0 Å². The van der Waals surface area contributed by atoms with Gasteiger partial charge in [0.25, 0.3) is 22.2 Å². The van der Waals surface area contributed by atoms with Crippen LogP contribution in [0.4, 0.5) is 11.4 Å². The van der Waals surface area contributed by atoms with Crippen molar-refractivity contribution in [2.24, 2.45) is 7.05 Å². The Kier molecular flexibility index (Phi) is 22.2. The van der Waals surface area contributed by atoms with Crippen LogP contribution in [0.25, 0.3) is 101 Å². The zero-order valence-corrected chi connectivity index (χ0v) is 67.0. The first kappa shape index (κ1) is 77.7. The lowest BCUT2D eigenvalue weighted by Gasteiger charge is -2.35. The molecule has 0 saturated carbocycles. The average molecular weight is 1580 g/mol. The molecule has 0 spiro atoms. The number of aryl methyl sites for hydroxylation is 4. The van der Waals surface area contributed by atoms with Crippen molar-refractivity contribution in [3.63, 3.8) is 0 Å². The second-order valence-electron chi connectivity index (χ2n) is 30.9. The molecule has 0 radical (unpaired) electrons. The van der Waals surface area contributed by atoms with Crippen LogP contribution in [0, 0.1) is 20.8 Å². The summed E-state index contributed by atoms with van der Waals surface area (Å²) in [5.74, 6) is 0.515. The van der Waals surface area contributed by atoms with E-state index >= 15 is 0 Å². The lowest BCUT2D eigenvalue weighted by atomic mass is 9.90. The molecule has 3 fully saturated rings. The van der Waals surface area contributed by atoms with Gasteiger partial charge in [0.15, 0.2) is 0 Å². The van der Waals surface area contributed by atoms with Crippen LogP contribution in [0.1, 0.15) is 73.7 Å². The summed E-state index contributed by atoms with van der Waals surface area (Å²) in [5.41, 5.74) is 19.6. The number of pyridine rings is 5. The van der Waals surface area contributed by atoms with E-state index in [0.717, 1.165) is 164 Å². The molecule has 0 amide bonds. The van der Waals surface area contributed by atoms with Crippen molar-refractivity contribution in [1.29, 1.82) is 0 Å². The van der Waals surface area contributed by atoms with Crippen molar-refractivity contribution < 1.29 is 10.2 Å². The first-order valence-corrected chi connectivity index (χ1v) is 40.4. The summed E-state index contributed by atoms with van der Waals surface area (Å²) >= 11 is 0. The number of nitrogens with one attached hydrogen (secondary N) is 1. The second kappa shape index (κ2) is 33.8. The van der Waals surface area contributed by atoms with Gasteiger partial charge in [-0.05, 0) is 174 Å². The van der Waals surface area contributed by atoms with Crippen LogP contribution in [0.5, 0.6) is 0 Å². The molecule has 4 aliphatic rings. The molecular weight excluding hydrogens is 1490 g/mol. The summed E-state index contributed by atoms with van der Waals surface area (Å²) < 4.78 is 13.8. The molecule has 20 rings (SSSR count). The molecule has 3 saturated heterocycles. The molecule has 4 aliphatic heterocycles. The Balaban J connectivity index is 0.000000113. The van der Waals surface area contributed by atoms with E-state index in [0.29, 0.717) is 81.8 Å². The number of piperidine rings is 1. The number of aromatic nitrogens is 18. The minimum atomic E-state index is -0.137. The first-order valence-electron chi connectivity index (χ1n) is 40.4. The molecule has 1 aromatic carbocycles. The van der Waals surface area contributed by atoms with Crippen LogP contribution < -0.4 is 37.4 Å². The summed E-state index contributed by atoms with van der Waals surface area (Å²) in [6.45, 7) is 23.4. The molecule has 602 valence electrons. The fraction of sp³-hybridized carbons (Fsp3) is 0.318. The highest BCUT2D eigenvalue weighted by molar-refractivity contribution is 5.84. The summed E-state index contributed by atoms with van der Waals surface area (Å²) in [6.07, 6.45) is 27.2. The van der Waals surface area contributed by atoms with Crippen molar-refractivity contribution in [1.82, 2.24) is 106 Å². The molecule has 15 aromatic heterocycles. The number of nitrogens with zero attached hydrogens (tertiary/aromatic N) is 23. The number of piperazine rings is 2. The van der Waals surface area contributed by atoms with Crippen LogP contribution in [-0.2, 0) is 7.05 Å². The predicted molar refractivity (Wildman–Crippen MR) is 458 cm³/mol. The van der Waals surface area contributed by atoms with Crippen molar-refractivity contribution in [3.8, 4) is 45.3 Å². The van der Waals surface area contributed by atoms with E-state index in [1.165, 1.54) is 30.2 Å². The summed E-state index contributed by atoms with van der Waals surface area (Å²) in [6, 6.07) is 36.3. The van der Waals surface area contributed by atoms with Gasteiger partial charge in [-0.25, -0.2) is 34.0 Å². The third-order valence-corrected chi connectivity index (χ3v) is 22.6. The average Bonchev–Trinajstić information content (AvgIpc) is 1.45. The fourth-order valence-corrected chi connectivity index (χ4v) is 16.2. The number of β-amino-alcohol motifs (C(OH)–C–C–N with tert-alkyl or cyclic N) is 2. The van der Waals surface area contributed by atoms with Gasteiger partial charge in [0, 0.05) is 163 Å². The zero-order chi connectivity index (χ0) is 81.2. The third-order valence-electron chi connectivity index (χ3n) is 22.6. The van der Waals surface area contributed by atoms with E-state index in [1.807, 2.05) is 178 Å².